The molecule has 0 aliphatic heterocycles. The van der Waals surface area contributed by atoms with Crippen LogP contribution in [0.25, 0.3) is 0 Å². The Labute approximate surface area is 211 Å². The third-order valence-corrected chi connectivity index (χ3v) is 5.62. The summed E-state index contributed by atoms with van der Waals surface area (Å²) in [5.74, 6) is 0.683. The van der Waals surface area contributed by atoms with E-state index in [0.717, 1.165) is 11.1 Å². The Balaban J connectivity index is 1.91. The highest BCUT2D eigenvalue weighted by molar-refractivity contribution is 6.30. The first kappa shape index (κ1) is 26.1. The van der Waals surface area contributed by atoms with Gasteiger partial charge in [-0.25, -0.2) is 0 Å². The molecule has 0 aromatic heterocycles. The molecule has 3 rings (SSSR count). The molecule has 2 amide bonds. The molecule has 0 radical (unpaired) electrons. The minimum Gasteiger partial charge on any atom is -0.497 e. The Bertz CT molecular complexity index is 1100. The van der Waals surface area contributed by atoms with E-state index in [-0.39, 0.29) is 31.0 Å². The second kappa shape index (κ2) is 12.8. The standard InChI is InChI=1S/C28H31ClN2O4/c1-20(2)30-28(33)26(17-21-8-5-4-6-9-21)31(18-22-10-7-11-25(16-22)34-3)27(32)19-35-24-14-12-23(29)13-15-24/h4-16,20,26H,17-19H2,1-3H3,(H,30,33). The predicted octanol–water partition coefficient (Wildman–Crippen LogP) is 4.89. The average molecular weight is 495 g/mol. The van der Waals surface area contributed by atoms with Crippen LogP contribution >= 0.6 is 11.6 Å². The molecule has 3 aromatic rings. The van der Waals surface area contributed by atoms with Gasteiger partial charge in [-0.1, -0.05) is 54.1 Å². The van der Waals surface area contributed by atoms with Gasteiger partial charge in [0.25, 0.3) is 5.91 Å². The minimum absolute atomic E-state index is 0.0696. The summed E-state index contributed by atoms with van der Waals surface area (Å²) in [4.78, 5) is 28.5. The summed E-state index contributed by atoms with van der Waals surface area (Å²) in [6.07, 6.45) is 0.371. The number of rotatable bonds is 11. The number of hydrogen-bond acceptors (Lipinski definition) is 4. The highest BCUT2D eigenvalue weighted by Crippen LogP contribution is 2.20. The van der Waals surface area contributed by atoms with Gasteiger partial charge in [-0.3, -0.25) is 9.59 Å². The van der Waals surface area contributed by atoms with Gasteiger partial charge in [0.15, 0.2) is 6.61 Å². The highest BCUT2D eigenvalue weighted by Gasteiger charge is 2.31. The lowest BCUT2D eigenvalue weighted by Crippen LogP contribution is -2.52. The molecule has 1 atom stereocenters. The van der Waals surface area contributed by atoms with Crippen molar-refractivity contribution in [2.45, 2.75) is 38.9 Å². The van der Waals surface area contributed by atoms with Gasteiger partial charge in [-0.2, -0.15) is 0 Å². The average Bonchev–Trinajstić information content (AvgIpc) is 2.86. The molecule has 0 heterocycles. The number of halogens is 1. The van der Waals surface area contributed by atoms with E-state index in [4.69, 9.17) is 21.1 Å². The van der Waals surface area contributed by atoms with E-state index in [1.54, 1.807) is 36.3 Å². The third kappa shape index (κ3) is 8.04. The van der Waals surface area contributed by atoms with Crippen LogP contribution in [0.3, 0.4) is 0 Å². The van der Waals surface area contributed by atoms with Crippen molar-refractivity contribution in [3.63, 3.8) is 0 Å². The second-order valence-corrected chi connectivity index (χ2v) is 8.92. The van der Waals surface area contributed by atoms with Gasteiger partial charge < -0.3 is 19.7 Å². The zero-order valence-electron chi connectivity index (χ0n) is 20.2. The molecular weight excluding hydrogens is 464 g/mol. The second-order valence-electron chi connectivity index (χ2n) is 8.48. The molecule has 0 fully saturated rings. The maximum absolute atomic E-state index is 13.5. The van der Waals surface area contributed by atoms with Gasteiger partial charge in [0, 0.05) is 24.0 Å². The summed E-state index contributed by atoms with van der Waals surface area (Å²) >= 11 is 5.95. The van der Waals surface area contributed by atoms with Crippen LogP contribution in [0.2, 0.25) is 5.02 Å². The SMILES string of the molecule is COc1cccc(CN(C(=O)COc2ccc(Cl)cc2)C(Cc2ccccc2)C(=O)NC(C)C)c1. The maximum Gasteiger partial charge on any atom is 0.261 e. The van der Waals surface area contributed by atoms with Crippen LogP contribution in [0.1, 0.15) is 25.0 Å². The molecule has 0 spiro atoms. The van der Waals surface area contributed by atoms with Crippen LogP contribution in [-0.4, -0.2) is 42.5 Å². The van der Waals surface area contributed by atoms with Crippen LogP contribution in [0.15, 0.2) is 78.9 Å². The largest absolute Gasteiger partial charge is 0.497 e. The molecule has 0 saturated heterocycles. The summed E-state index contributed by atoms with van der Waals surface area (Å²) in [5.41, 5.74) is 1.80. The summed E-state index contributed by atoms with van der Waals surface area (Å²) < 4.78 is 11.1. The van der Waals surface area contributed by atoms with Gasteiger partial charge in [0.05, 0.1) is 7.11 Å². The van der Waals surface area contributed by atoms with Crippen molar-refractivity contribution in [1.29, 1.82) is 0 Å². The number of hydrogen-bond donors (Lipinski definition) is 1. The van der Waals surface area contributed by atoms with E-state index in [9.17, 15) is 9.59 Å². The molecule has 6 nitrogen and oxygen atoms in total. The third-order valence-electron chi connectivity index (χ3n) is 5.37. The van der Waals surface area contributed by atoms with Gasteiger partial charge in [-0.15, -0.1) is 0 Å². The van der Waals surface area contributed by atoms with E-state index >= 15 is 0 Å². The van der Waals surface area contributed by atoms with Crippen molar-refractivity contribution in [1.82, 2.24) is 10.2 Å². The summed E-state index contributed by atoms with van der Waals surface area (Å²) in [5, 5.41) is 3.55. The number of nitrogens with zero attached hydrogens (tertiary/aromatic N) is 1. The van der Waals surface area contributed by atoms with E-state index in [2.05, 4.69) is 5.32 Å². The van der Waals surface area contributed by atoms with Crippen LogP contribution in [0.5, 0.6) is 11.5 Å². The Hall–Kier alpha value is -3.51. The van der Waals surface area contributed by atoms with Crippen molar-refractivity contribution < 1.29 is 19.1 Å². The van der Waals surface area contributed by atoms with Crippen LogP contribution in [0, 0.1) is 0 Å². The summed E-state index contributed by atoms with van der Waals surface area (Å²) in [7, 11) is 1.59. The fraction of sp³-hybridized carbons (Fsp3) is 0.286. The molecule has 1 unspecified atom stereocenters. The van der Waals surface area contributed by atoms with Gasteiger partial charge in [0.1, 0.15) is 17.5 Å². The fourth-order valence-corrected chi connectivity index (χ4v) is 3.79. The summed E-state index contributed by atoms with van der Waals surface area (Å²) in [6.45, 7) is 3.81. The highest BCUT2D eigenvalue weighted by atomic mass is 35.5. The van der Waals surface area contributed by atoms with Crippen molar-refractivity contribution in [2.75, 3.05) is 13.7 Å². The van der Waals surface area contributed by atoms with Crippen molar-refractivity contribution in [3.05, 3.63) is 95.0 Å². The number of carbonyl (C=O) groups excluding carboxylic acids is 2. The van der Waals surface area contributed by atoms with Crippen LogP contribution < -0.4 is 14.8 Å². The first-order valence-electron chi connectivity index (χ1n) is 11.5. The van der Waals surface area contributed by atoms with E-state index < -0.39 is 6.04 Å². The molecule has 0 aliphatic rings. The Morgan fingerprint density at radius 2 is 1.60 bits per heavy atom. The first-order chi connectivity index (χ1) is 16.9. The molecule has 3 aromatic carbocycles. The molecule has 0 saturated carbocycles. The molecule has 35 heavy (non-hydrogen) atoms. The lowest BCUT2D eigenvalue weighted by atomic mass is 10.0. The normalized spacial score (nSPS) is 11.6. The van der Waals surface area contributed by atoms with Crippen LogP contribution in [0.4, 0.5) is 0 Å². The quantitative estimate of drug-likeness (QED) is 0.412. The van der Waals surface area contributed by atoms with Gasteiger partial charge >= 0.3 is 0 Å². The number of amides is 2. The Kier molecular flexibility index (Phi) is 9.56. The predicted molar refractivity (Wildman–Crippen MR) is 138 cm³/mol. The molecule has 184 valence electrons. The fourth-order valence-electron chi connectivity index (χ4n) is 3.66. The first-order valence-corrected chi connectivity index (χ1v) is 11.9. The van der Waals surface area contributed by atoms with E-state index in [1.165, 1.54) is 0 Å². The van der Waals surface area contributed by atoms with Crippen molar-refractivity contribution in [3.8, 4) is 11.5 Å². The zero-order chi connectivity index (χ0) is 25.2. The van der Waals surface area contributed by atoms with Crippen molar-refractivity contribution >= 4 is 23.4 Å². The zero-order valence-corrected chi connectivity index (χ0v) is 21.0. The maximum atomic E-state index is 13.5. The van der Waals surface area contributed by atoms with E-state index in [0.29, 0.717) is 22.9 Å². The lowest BCUT2D eigenvalue weighted by molar-refractivity contribution is -0.143. The molecule has 0 bridgehead atoms. The minimum atomic E-state index is -0.729. The lowest BCUT2D eigenvalue weighted by Gasteiger charge is -2.32. The van der Waals surface area contributed by atoms with Crippen LogP contribution in [-0.2, 0) is 22.6 Å². The monoisotopic (exact) mass is 494 g/mol. The number of methoxy groups -OCH3 is 1. The molecular formula is C28H31ClN2O4. The Morgan fingerprint density at radius 1 is 0.914 bits per heavy atom. The van der Waals surface area contributed by atoms with Gasteiger partial charge in [-0.05, 0) is 61.4 Å². The number of benzene rings is 3. The number of carbonyl (C=O) groups is 2. The molecule has 7 heteroatoms. The summed E-state index contributed by atoms with van der Waals surface area (Å²) in [6, 6.07) is 23.1. The van der Waals surface area contributed by atoms with Crippen molar-refractivity contribution in [2.24, 2.45) is 0 Å². The smallest absolute Gasteiger partial charge is 0.261 e. The molecule has 1 N–H and O–H groups in total. The number of ether oxygens (including phenoxy) is 2. The van der Waals surface area contributed by atoms with Gasteiger partial charge in [0.2, 0.25) is 5.91 Å². The molecule has 0 aliphatic carbocycles. The topological polar surface area (TPSA) is 67.9 Å². The Morgan fingerprint density at radius 3 is 2.26 bits per heavy atom. The van der Waals surface area contributed by atoms with E-state index in [1.807, 2.05) is 68.4 Å². The number of nitrogens with one attached hydrogen (secondary N) is 1.